The Morgan fingerprint density at radius 2 is 2.20 bits per heavy atom. The summed E-state index contributed by atoms with van der Waals surface area (Å²) in [5, 5.41) is 8.77. The molecular weight excluding hydrogens is 194 g/mol. The second-order valence-corrected chi connectivity index (χ2v) is 4.61. The summed E-state index contributed by atoms with van der Waals surface area (Å²) < 4.78 is 0. The van der Waals surface area contributed by atoms with E-state index in [1.54, 1.807) is 0 Å². The fourth-order valence-electron chi connectivity index (χ4n) is 1.01. The van der Waals surface area contributed by atoms with E-state index in [1.807, 2.05) is 0 Å². The van der Waals surface area contributed by atoms with Crippen LogP contribution in [-0.4, -0.2) is 27.6 Å². The second-order valence-electron chi connectivity index (χ2n) is 4.61. The van der Waals surface area contributed by atoms with Gasteiger partial charge < -0.3 is 11.1 Å². The number of carbonyl (C=O) groups is 1. The van der Waals surface area contributed by atoms with Crippen LogP contribution in [0.25, 0.3) is 0 Å². The Bertz CT molecular complexity index is 339. The monoisotopic (exact) mass is 211 g/mol. The molecule has 15 heavy (non-hydrogen) atoms. The van der Waals surface area contributed by atoms with E-state index in [2.05, 4.69) is 41.3 Å². The Morgan fingerprint density at radius 1 is 1.53 bits per heavy atom. The number of nitrogen functional groups attached to an aromatic ring is 1. The van der Waals surface area contributed by atoms with Crippen LogP contribution >= 0.6 is 0 Å². The molecule has 0 atom stereocenters. The van der Waals surface area contributed by atoms with Gasteiger partial charge in [0.2, 0.25) is 11.8 Å². The van der Waals surface area contributed by atoms with Crippen molar-refractivity contribution in [2.45, 2.75) is 27.2 Å². The molecule has 0 saturated carbocycles. The summed E-state index contributed by atoms with van der Waals surface area (Å²) in [5.74, 6) is -0.0409. The van der Waals surface area contributed by atoms with Gasteiger partial charge in [0.05, 0.1) is 0 Å². The van der Waals surface area contributed by atoms with Crippen LogP contribution in [0.3, 0.4) is 0 Å². The third-order valence-electron chi connectivity index (χ3n) is 1.88. The molecule has 0 unspecified atom stereocenters. The van der Waals surface area contributed by atoms with E-state index in [1.165, 1.54) is 0 Å². The van der Waals surface area contributed by atoms with E-state index in [4.69, 9.17) is 5.73 Å². The third-order valence-corrected chi connectivity index (χ3v) is 1.88. The first-order chi connectivity index (χ1) is 6.88. The zero-order valence-corrected chi connectivity index (χ0v) is 9.29. The standard InChI is InChI=1S/C9H17N5O/c1-9(2,3)4-5-11-7(15)6-12-8(10)14-13-6/h4-5H2,1-3H3,(H,11,15)(H3,10,12,13,14). The minimum Gasteiger partial charge on any atom is -0.366 e. The quantitative estimate of drug-likeness (QED) is 0.680. The van der Waals surface area contributed by atoms with E-state index >= 15 is 0 Å². The molecule has 1 aromatic rings. The predicted molar refractivity (Wildman–Crippen MR) is 57.2 cm³/mol. The number of nitrogens with one attached hydrogen (secondary N) is 2. The van der Waals surface area contributed by atoms with Gasteiger partial charge in [-0.2, -0.15) is 4.98 Å². The number of hydrogen-bond acceptors (Lipinski definition) is 4. The third kappa shape index (κ3) is 3.97. The van der Waals surface area contributed by atoms with Crippen LogP contribution in [0.2, 0.25) is 0 Å². The molecule has 1 rings (SSSR count). The van der Waals surface area contributed by atoms with Crippen molar-refractivity contribution in [2.75, 3.05) is 12.3 Å². The lowest BCUT2D eigenvalue weighted by molar-refractivity contribution is 0.0939. The highest BCUT2D eigenvalue weighted by molar-refractivity contribution is 5.90. The van der Waals surface area contributed by atoms with E-state index in [9.17, 15) is 4.79 Å². The van der Waals surface area contributed by atoms with Crippen LogP contribution in [0.15, 0.2) is 0 Å². The average molecular weight is 211 g/mol. The molecule has 1 heterocycles. The van der Waals surface area contributed by atoms with Crippen molar-refractivity contribution in [1.29, 1.82) is 0 Å². The Kier molecular flexibility index (Phi) is 3.28. The van der Waals surface area contributed by atoms with Gasteiger partial charge in [-0.05, 0) is 11.8 Å². The predicted octanol–water partition coefficient (Wildman–Crippen LogP) is 0.553. The highest BCUT2D eigenvalue weighted by Crippen LogP contribution is 2.16. The lowest BCUT2D eigenvalue weighted by Crippen LogP contribution is -2.28. The number of carbonyl (C=O) groups excluding carboxylic acids is 1. The van der Waals surface area contributed by atoms with Crippen LogP contribution < -0.4 is 11.1 Å². The van der Waals surface area contributed by atoms with Crippen molar-refractivity contribution < 1.29 is 4.79 Å². The number of H-pyrrole nitrogens is 1. The number of nitrogens with zero attached hydrogens (tertiary/aromatic N) is 2. The average Bonchev–Trinajstić information content (AvgIpc) is 2.49. The van der Waals surface area contributed by atoms with Gasteiger partial charge >= 0.3 is 0 Å². The van der Waals surface area contributed by atoms with Gasteiger partial charge in [0.15, 0.2) is 0 Å². The summed E-state index contributed by atoms with van der Waals surface area (Å²) in [5.41, 5.74) is 5.48. The molecule has 6 nitrogen and oxygen atoms in total. The molecule has 0 spiro atoms. The van der Waals surface area contributed by atoms with Crippen molar-refractivity contribution in [3.05, 3.63) is 5.82 Å². The topological polar surface area (TPSA) is 96.7 Å². The molecule has 1 amide bonds. The molecule has 1 aromatic heterocycles. The number of hydrogen-bond donors (Lipinski definition) is 3. The van der Waals surface area contributed by atoms with Crippen molar-refractivity contribution in [3.63, 3.8) is 0 Å². The second kappa shape index (κ2) is 4.29. The highest BCUT2D eigenvalue weighted by atomic mass is 16.2. The summed E-state index contributed by atoms with van der Waals surface area (Å²) in [6.07, 6.45) is 0.905. The Morgan fingerprint density at radius 3 is 2.67 bits per heavy atom. The maximum atomic E-state index is 11.4. The number of aromatic amines is 1. The Balaban J connectivity index is 2.37. The molecule has 0 saturated heterocycles. The molecule has 0 aromatic carbocycles. The molecule has 4 N–H and O–H groups in total. The first-order valence-electron chi connectivity index (χ1n) is 4.84. The minimum absolute atomic E-state index is 0.0796. The van der Waals surface area contributed by atoms with Gasteiger partial charge in [0, 0.05) is 6.54 Å². The van der Waals surface area contributed by atoms with Crippen LogP contribution in [-0.2, 0) is 0 Å². The maximum Gasteiger partial charge on any atom is 0.288 e. The first kappa shape index (κ1) is 11.5. The maximum absolute atomic E-state index is 11.4. The number of anilines is 1. The molecule has 84 valence electrons. The van der Waals surface area contributed by atoms with Crippen LogP contribution in [0.5, 0.6) is 0 Å². The lowest BCUT2D eigenvalue weighted by atomic mass is 9.92. The Hall–Kier alpha value is -1.59. The normalized spacial score (nSPS) is 11.4. The Labute approximate surface area is 88.7 Å². The number of amides is 1. The van der Waals surface area contributed by atoms with E-state index in [0.717, 1.165) is 6.42 Å². The highest BCUT2D eigenvalue weighted by Gasteiger charge is 2.13. The summed E-state index contributed by atoms with van der Waals surface area (Å²) >= 11 is 0. The molecule has 0 radical (unpaired) electrons. The summed E-state index contributed by atoms with van der Waals surface area (Å²) in [7, 11) is 0. The van der Waals surface area contributed by atoms with Gasteiger partial charge in [-0.25, -0.2) is 0 Å². The van der Waals surface area contributed by atoms with Crippen molar-refractivity contribution in [2.24, 2.45) is 5.41 Å². The zero-order valence-electron chi connectivity index (χ0n) is 9.29. The SMILES string of the molecule is CC(C)(C)CCNC(=O)c1nc(N)n[nH]1. The fraction of sp³-hybridized carbons (Fsp3) is 0.667. The molecule has 0 aliphatic carbocycles. The molecule has 0 aliphatic heterocycles. The fourth-order valence-corrected chi connectivity index (χ4v) is 1.01. The number of aromatic nitrogens is 3. The number of nitrogens with two attached hydrogens (primary N) is 1. The lowest BCUT2D eigenvalue weighted by Gasteiger charge is -2.17. The summed E-state index contributed by atoms with van der Waals surface area (Å²) in [6, 6.07) is 0. The molecule has 0 aliphatic rings. The van der Waals surface area contributed by atoms with Crippen molar-refractivity contribution in [3.8, 4) is 0 Å². The molecule has 0 bridgehead atoms. The largest absolute Gasteiger partial charge is 0.366 e. The van der Waals surface area contributed by atoms with Crippen LogP contribution in [0.1, 0.15) is 37.8 Å². The van der Waals surface area contributed by atoms with Crippen molar-refractivity contribution >= 4 is 11.9 Å². The van der Waals surface area contributed by atoms with E-state index in [0.29, 0.717) is 6.54 Å². The van der Waals surface area contributed by atoms with Crippen LogP contribution in [0.4, 0.5) is 5.95 Å². The molecule has 0 fully saturated rings. The van der Waals surface area contributed by atoms with Gasteiger partial charge in [-0.15, -0.1) is 5.10 Å². The number of rotatable bonds is 3. The van der Waals surface area contributed by atoms with Gasteiger partial charge in [0.1, 0.15) is 0 Å². The smallest absolute Gasteiger partial charge is 0.288 e. The van der Waals surface area contributed by atoms with Gasteiger partial charge in [0.25, 0.3) is 5.91 Å². The summed E-state index contributed by atoms with van der Waals surface area (Å²) in [4.78, 5) is 15.2. The molecule has 6 heteroatoms. The van der Waals surface area contributed by atoms with E-state index < -0.39 is 0 Å². The summed E-state index contributed by atoms with van der Waals surface area (Å²) in [6.45, 7) is 6.96. The molecular formula is C9H17N5O. The minimum atomic E-state index is -0.275. The van der Waals surface area contributed by atoms with Gasteiger partial charge in [-0.1, -0.05) is 20.8 Å². The van der Waals surface area contributed by atoms with Gasteiger partial charge in [-0.3, -0.25) is 9.89 Å². The zero-order chi connectivity index (χ0) is 11.5. The van der Waals surface area contributed by atoms with Crippen LogP contribution in [0, 0.1) is 5.41 Å². The van der Waals surface area contributed by atoms with Crippen molar-refractivity contribution in [1.82, 2.24) is 20.5 Å². The first-order valence-corrected chi connectivity index (χ1v) is 4.84. The van der Waals surface area contributed by atoms with E-state index in [-0.39, 0.29) is 23.1 Å².